The molecular weight excluding hydrogens is 339 g/mol. The number of anilines is 1. The Hall–Kier alpha value is -3.26. The number of amides is 4. The largest absolute Gasteiger partial charge is 0.351 e. The molecule has 0 aliphatic rings. The van der Waals surface area contributed by atoms with Gasteiger partial charge in [-0.25, -0.2) is 9.18 Å². The number of primary amides is 1. The van der Waals surface area contributed by atoms with Crippen molar-refractivity contribution in [3.8, 4) is 0 Å². The third-order valence-corrected chi connectivity index (χ3v) is 3.70. The van der Waals surface area contributed by atoms with Gasteiger partial charge in [0.1, 0.15) is 5.82 Å². The highest BCUT2D eigenvalue weighted by Crippen LogP contribution is 2.10. The van der Waals surface area contributed by atoms with Crippen LogP contribution in [0.3, 0.4) is 0 Å². The molecular formula is C18H20FN4O3+. The fourth-order valence-electron chi connectivity index (χ4n) is 2.59. The maximum atomic E-state index is 12.9. The molecule has 0 aliphatic heterocycles. The number of quaternary nitrogens is 1. The highest BCUT2D eigenvalue weighted by Gasteiger charge is 2.31. The van der Waals surface area contributed by atoms with E-state index in [0.29, 0.717) is 16.2 Å². The van der Waals surface area contributed by atoms with E-state index in [9.17, 15) is 18.8 Å². The second-order valence-corrected chi connectivity index (χ2v) is 5.78. The van der Waals surface area contributed by atoms with Crippen molar-refractivity contribution in [2.24, 2.45) is 5.73 Å². The number of rotatable bonds is 6. The number of carbonyl (C=O) groups is 3. The molecule has 4 amide bonds. The molecule has 2 aromatic rings. The summed E-state index contributed by atoms with van der Waals surface area (Å²) in [5.74, 6) is -1.37. The number of nitrogens with two attached hydrogens (primary N) is 1. The van der Waals surface area contributed by atoms with Crippen molar-refractivity contribution in [1.29, 1.82) is 0 Å². The van der Waals surface area contributed by atoms with Crippen LogP contribution in [0.25, 0.3) is 0 Å². The van der Waals surface area contributed by atoms with Gasteiger partial charge in [-0.3, -0.25) is 14.9 Å². The smallest absolute Gasteiger partial charge is 0.319 e. The van der Waals surface area contributed by atoms with Gasteiger partial charge in [-0.2, -0.15) is 0 Å². The second-order valence-electron chi connectivity index (χ2n) is 5.78. The van der Waals surface area contributed by atoms with E-state index in [0.717, 1.165) is 0 Å². The van der Waals surface area contributed by atoms with Gasteiger partial charge in [-0.05, 0) is 24.3 Å². The minimum Gasteiger partial charge on any atom is -0.351 e. The van der Waals surface area contributed by atoms with Crippen molar-refractivity contribution in [3.05, 3.63) is 66.0 Å². The number of urea groups is 1. The molecule has 7 nitrogen and oxygen atoms in total. The van der Waals surface area contributed by atoms with Crippen molar-refractivity contribution in [1.82, 2.24) is 5.32 Å². The highest BCUT2D eigenvalue weighted by molar-refractivity contribution is 5.96. The van der Waals surface area contributed by atoms with Gasteiger partial charge in [0.2, 0.25) is 0 Å². The van der Waals surface area contributed by atoms with E-state index < -0.39 is 23.8 Å². The average Bonchev–Trinajstić information content (AvgIpc) is 2.57. The van der Waals surface area contributed by atoms with Crippen LogP contribution in [0, 0.1) is 5.82 Å². The standard InChI is InChI=1S/C18H19FN4O3/c1-23(11-15(24)21-14-9-7-13(19)8-10-14)16(17(25)22-18(20)26)12-5-3-2-4-6-12/h2-10,16H,11H2,1H3,(H,21,24)(H3,20,22,25,26)/p+1/t16-/m0/s1. The Kier molecular flexibility index (Phi) is 6.40. The molecule has 0 aromatic heterocycles. The van der Waals surface area contributed by atoms with E-state index in [-0.39, 0.29) is 12.5 Å². The van der Waals surface area contributed by atoms with Crippen LogP contribution in [-0.2, 0) is 9.59 Å². The maximum Gasteiger partial charge on any atom is 0.319 e. The fraction of sp³-hybridized carbons (Fsp3) is 0.167. The summed E-state index contributed by atoms with van der Waals surface area (Å²) in [5.41, 5.74) is 6.12. The topological polar surface area (TPSA) is 106 Å². The SMILES string of the molecule is C[NH+](CC(=O)Nc1ccc(F)cc1)[C@H](C(=O)NC(N)=O)c1ccccc1. The minimum atomic E-state index is -0.959. The van der Waals surface area contributed by atoms with Crippen LogP contribution in [0.1, 0.15) is 11.6 Å². The van der Waals surface area contributed by atoms with Crippen LogP contribution >= 0.6 is 0 Å². The molecule has 0 fully saturated rings. The van der Waals surface area contributed by atoms with Gasteiger partial charge in [0.05, 0.1) is 7.05 Å². The van der Waals surface area contributed by atoms with Gasteiger partial charge >= 0.3 is 6.03 Å². The molecule has 0 spiro atoms. The van der Waals surface area contributed by atoms with E-state index in [1.165, 1.54) is 24.3 Å². The zero-order valence-corrected chi connectivity index (χ0v) is 14.2. The van der Waals surface area contributed by atoms with E-state index in [2.05, 4.69) is 10.6 Å². The predicted molar refractivity (Wildman–Crippen MR) is 93.7 cm³/mol. The van der Waals surface area contributed by atoms with Crippen LogP contribution in [0.4, 0.5) is 14.9 Å². The lowest BCUT2D eigenvalue weighted by molar-refractivity contribution is -0.894. The molecule has 0 saturated heterocycles. The summed E-state index contributed by atoms with van der Waals surface area (Å²) in [6.45, 7) is -0.0525. The molecule has 1 unspecified atom stereocenters. The lowest BCUT2D eigenvalue weighted by atomic mass is 10.0. The fourth-order valence-corrected chi connectivity index (χ4v) is 2.59. The monoisotopic (exact) mass is 359 g/mol. The molecule has 0 bridgehead atoms. The minimum absolute atomic E-state index is 0.0525. The summed E-state index contributed by atoms with van der Waals surface area (Å²) in [5, 5.41) is 4.69. The molecule has 0 heterocycles. The molecule has 0 aliphatic carbocycles. The molecule has 0 radical (unpaired) electrons. The first-order valence-electron chi connectivity index (χ1n) is 7.90. The normalized spacial score (nSPS) is 12.7. The summed E-state index contributed by atoms with van der Waals surface area (Å²) in [7, 11) is 1.66. The molecule has 5 N–H and O–H groups in total. The lowest BCUT2D eigenvalue weighted by Gasteiger charge is -2.23. The Morgan fingerprint density at radius 1 is 1.08 bits per heavy atom. The van der Waals surface area contributed by atoms with Crippen molar-refractivity contribution < 1.29 is 23.7 Å². The number of benzene rings is 2. The van der Waals surface area contributed by atoms with E-state index in [1.807, 2.05) is 0 Å². The Balaban J connectivity index is 2.11. The summed E-state index contributed by atoms with van der Waals surface area (Å²) in [6.07, 6.45) is 0. The molecule has 0 saturated carbocycles. The van der Waals surface area contributed by atoms with Gasteiger partial charge in [0, 0.05) is 11.3 Å². The zero-order chi connectivity index (χ0) is 19.1. The second kappa shape index (κ2) is 8.72. The van der Waals surface area contributed by atoms with Crippen molar-refractivity contribution in [3.63, 3.8) is 0 Å². The quantitative estimate of drug-likeness (QED) is 0.593. The van der Waals surface area contributed by atoms with Gasteiger partial charge in [0.25, 0.3) is 11.8 Å². The zero-order valence-electron chi connectivity index (χ0n) is 14.2. The van der Waals surface area contributed by atoms with E-state index in [1.54, 1.807) is 37.4 Å². The average molecular weight is 359 g/mol. The van der Waals surface area contributed by atoms with Crippen LogP contribution in [0.2, 0.25) is 0 Å². The van der Waals surface area contributed by atoms with E-state index >= 15 is 0 Å². The summed E-state index contributed by atoms with van der Waals surface area (Å²) in [4.78, 5) is 36.2. The molecule has 2 rings (SSSR count). The van der Waals surface area contributed by atoms with Crippen LogP contribution in [0.5, 0.6) is 0 Å². The Morgan fingerprint density at radius 2 is 1.69 bits per heavy atom. The van der Waals surface area contributed by atoms with Crippen molar-refractivity contribution in [2.45, 2.75) is 6.04 Å². The van der Waals surface area contributed by atoms with Gasteiger partial charge in [0.15, 0.2) is 12.6 Å². The predicted octanol–water partition coefficient (Wildman–Crippen LogP) is 0.215. The summed E-state index contributed by atoms with van der Waals surface area (Å²) >= 11 is 0. The number of imide groups is 1. The van der Waals surface area contributed by atoms with Gasteiger partial charge in [-0.15, -0.1) is 0 Å². The van der Waals surface area contributed by atoms with Gasteiger partial charge in [-0.1, -0.05) is 30.3 Å². The number of halogens is 1. The highest BCUT2D eigenvalue weighted by atomic mass is 19.1. The number of likely N-dealkylation sites (N-methyl/N-ethyl adjacent to an activating group) is 1. The third-order valence-electron chi connectivity index (χ3n) is 3.70. The Morgan fingerprint density at radius 3 is 2.27 bits per heavy atom. The van der Waals surface area contributed by atoms with Crippen LogP contribution in [0.15, 0.2) is 54.6 Å². The first-order valence-corrected chi connectivity index (χ1v) is 7.90. The lowest BCUT2D eigenvalue weighted by Crippen LogP contribution is -3.11. The molecule has 8 heteroatoms. The number of hydrogen-bond acceptors (Lipinski definition) is 3. The molecule has 136 valence electrons. The van der Waals surface area contributed by atoms with Crippen LogP contribution < -0.4 is 21.3 Å². The summed E-state index contributed by atoms with van der Waals surface area (Å²) < 4.78 is 12.9. The molecule has 2 atom stereocenters. The summed E-state index contributed by atoms with van der Waals surface area (Å²) in [6, 6.07) is 12.4. The first kappa shape index (κ1) is 19.1. The van der Waals surface area contributed by atoms with Gasteiger partial charge < -0.3 is 16.0 Å². The molecule has 2 aromatic carbocycles. The Labute approximate surface area is 150 Å². The number of nitrogens with one attached hydrogen (secondary N) is 3. The van der Waals surface area contributed by atoms with Crippen molar-refractivity contribution in [2.75, 3.05) is 18.9 Å². The maximum absolute atomic E-state index is 12.9. The van der Waals surface area contributed by atoms with Crippen LogP contribution in [-0.4, -0.2) is 31.4 Å². The van der Waals surface area contributed by atoms with E-state index in [4.69, 9.17) is 5.73 Å². The number of carbonyl (C=O) groups excluding carboxylic acids is 3. The first-order chi connectivity index (χ1) is 12.4. The Bertz CT molecular complexity index is 781. The number of hydrogen-bond donors (Lipinski definition) is 4. The molecule has 26 heavy (non-hydrogen) atoms. The van der Waals surface area contributed by atoms with Crippen molar-refractivity contribution >= 4 is 23.5 Å². The third kappa shape index (κ3) is 5.38.